The number of nitrogen functional groups attached to an aromatic ring is 1. The molecule has 0 fully saturated rings. The van der Waals surface area contributed by atoms with Gasteiger partial charge >= 0.3 is 0 Å². The molecule has 3 rings (SSSR count). The van der Waals surface area contributed by atoms with Crippen molar-refractivity contribution in [2.45, 2.75) is 5.25 Å². The van der Waals surface area contributed by atoms with Crippen molar-refractivity contribution < 1.29 is 4.79 Å². The molecule has 7 heteroatoms. The summed E-state index contributed by atoms with van der Waals surface area (Å²) in [6, 6.07) is 18.3. The number of carbonyl (C=O) groups is 1. The molecule has 1 heterocycles. The number of rotatable bonds is 7. The van der Waals surface area contributed by atoms with Gasteiger partial charge < -0.3 is 11.1 Å². The Hall–Kier alpha value is -2.21. The zero-order chi connectivity index (χ0) is 19.9. The third-order valence-electron chi connectivity index (χ3n) is 4.09. The molecule has 0 radical (unpaired) electrons. The molecule has 28 heavy (non-hydrogen) atoms. The van der Waals surface area contributed by atoms with Crippen LogP contribution in [-0.4, -0.2) is 23.2 Å². The molecule has 0 aliphatic carbocycles. The Morgan fingerprint density at radius 3 is 2.61 bits per heavy atom. The van der Waals surface area contributed by atoms with E-state index in [2.05, 4.69) is 10.3 Å². The summed E-state index contributed by atoms with van der Waals surface area (Å²) in [5.74, 6) is 0.471. The van der Waals surface area contributed by atoms with Crippen molar-refractivity contribution in [2.75, 3.05) is 18.0 Å². The second-order valence-corrected chi connectivity index (χ2v) is 8.07. The molecule has 1 amide bonds. The van der Waals surface area contributed by atoms with Gasteiger partial charge in [0.05, 0.1) is 5.25 Å². The Bertz CT molecular complexity index is 953. The lowest BCUT2D eigenvalue weighted by atomic mass is 10.0. The minimum atomic E-state index is -0.197. The van der Waals surface area contributed by atoms with E-state index in [1.165, 1.54) is 0 Å². The average Bonchev–Trinajstić information content (AvgIpc) is 2.71. The van der Waals surface area contributed by atoms with Gasteiger partial charge in [0, 0.05) is 34.2 Å². The van der Waals surface area contributed by atoms with Gasteiger partial charge in [-0.05, 0) is 47.5 Å². The molecular weight excluding hydrogens is 413 g/mol. The normalized spacial score (nSPS) is 11.8. The smallest absolute Gasteiger partial charge is 0.269 e. The number of hydrogen-bond donors (Lipinski definition) is 2. The SMILES string of the molecule is Nc1ccc(Cl)cc1C(SCCNC(=O)c1ccccn1)c1ccccc1Cl. The number of nitrogens with zero attached hydrogens (tertiary/aromatic N) is 1. The van der Waals surface area contributed by atoms with E-state index in [0.717, 1.165) is 11.1 Å². The molecule has 3 aromatic rings. The van der Waals surface area contributed by atoms with Gasteiger partial charge in [-0.25, -0.2) is 0 Å². The highest BCUT2D eigenvalue weighted by molar-refractivity contribution is 7.99. The number of thioether (sulfide) groups is 1. The van der Waals surface area contributed by atoms with E-state index < -0.39 is 0 Å². The summed E-state index contributed by atoms with van der Waals surface area (Å²) in [6.07, 6.45) is 1.60. The highest BCUT2D eigenvalue weighted by Crippen LogP contribution is 2.41. The van der Waals surface area contributed by atoms with Crippen molar-refractivity contribution in [2.24, 2.45) is 0 Å². The number of aromatic nitrogens is 1. The van der Waals surface area contributed by atoms with Crippen molar-refractivity contribution in [1.29, 1.82) is 0 Å². The van der Waals surface area contributed by atoms with E-state index >= 15 is 0 Å². The largest absolute Gasteiger partial charge is 0.398 e. The van der Waals surface area contributed by atoms with E-state index in [0.29, 0.717) is 33.7 Å². The van der Waals surface area contributed by atoms with Gasteiger partial charge in [-0.2, -0.15) is 0 Å². The molecule has 0 aliphatic heterocycles. The molecule has 3 N–H and O–H groups in total. The number of nitrogens with one attached hydrogen (secondary N) is 1. The molecule has 4 nitrogen and oxygen atoms in total. The summed E-state index contributed by atoms with van der Waals surface area (Å²) in [4.78, 5) is 16.2. The summed E-state index contributed by atoms with van der Waals surface area (Å²) < 4.78 is 0. The maximum Gasteiger partial charge on any atom is 0.269 e. The van der Waals surface area contributed by atoms with E-state index in [1.807, 2.05) is 30.3 Å². The van der Waals surface area contributed by atoms with Gasteiger partial charge in [-0.3, -0.25) is 9.78 Å². The van der Waals surface area contributed by atoms with Crippen LogP contribution >= 0.6 is 35.0 Å². The van der Waals surface area contributed by atoms with Crippen molar-refractivity contribution in [3.63, 3.8) is 0 Å². The summed E-state index contributed by atoms with van der Waals surface area (Å²) in [6.45, 7) is 0.488. The number of nitrogens with two attached hydrogens (primary N) is 1. The van der Waals surface area contributed by atoms with Gasteiger partial charge in [0.2, 0.25) is 0 Å². The van der Waals surface area contributed by atoms with Gasteiger partial charge in [-0.1, -0.05) is 47.5 Å². The number of anilines is 1. The van der Waals surface area contributed by atoms with Crippen LogP contribution < -0.4 is 11.1 Å². The van der Waals surface area contributed by atoms with Crippen molar-refractivity contribution in [3.8, 4) is 0 Å². The second-order valence-electron chi connectivity index (χ2n) is 6.02. The number of pyridine rings is 1. The zero-order valence-electron chi connectivity index (χ0n) is 14.9. The average molecular weight is 432 g/mol. The first-order valence-electron chi connectivity index (χ1n) is 8.66. The zero-order valence-corrected chi connectivity index (χ0v) is 17.3. The number of amides is 1. The van der Waals surface area contributed by atoms with Crippen LogP contribution in [0.5, 0.6) is 0 Å². The first-order chi connectivity index (χ1) is 13.6. The monoisotopic (exact) mass is 431 g/mol. The molecule has 0 spiro atoms. The maximum atomic E-state index is 12.1. The number of hydrogen-bond acceptors (Lipinski definition) is 4. The number of halogens is 2. The highest BCUT2D eigenvalue weighted by Gasteiger charge is 2.20. The Labute approximate surface area is 178 Å². The standard InChI is InChI=1S/C21H19Cl2N3OS/c22-14-8-9-18(24)16(13-14)20(15-5-1-2-6-17(15)23)28-12-11-26-21(27)19-7-3-4-10-25-19/h1-10,13,20H,11-12,24H2,(H,26,27). The first-order valence-corrected chi connectivity index (χ1v) is 10.5. The van der Waals surface area contributed by atoms with Crippen LogP contribution in [0.2, 0.25) is 10.0 Å². The maximum absolute atomic E-state index is 12.1. The van der Waals surface area contributed by atoms with Gasteiger partial charge in [0.1, 0.15) is 5.69 Å². The van der Waals surface area contributed by atoms with Crippen LogP contribution in [0, 0.1) is 0 Å². The predicted molar refractivity (Wildman–Crippen MR) is 118 cm³/mol. The van der Waals surface area contributed by atoms with E-state index in [1.54, 1.807) is 48.3 Å². The Kier molecular flexibility index (Phi) is 7.20. The fourth-order valence-corrected chi connectivity index (χ4v) is 4.45. The van der Waals surface area contributed by atoms with E-state index in [-0.39, 0.29) is 11.2 Å². The van der Waals surface area contributed by atoms with Crippen molar-refractivity contribution in [3.05, 3.63) is 93.7 Å². The molecule has 1 atom stereocenters. The molecule has 1 unspecified atom stereocenters. The fourth-order valence-electron chi connectivity index (χ4n) is 2.74. The van der Waals surface area contributed by atoms with Gasteiger partial charge in [0.15, 0.2) is 0 Å². The molecule has 0 saturated carbocycles. The van der Waals surface area contributed by atoms with Crippen LogP contribution in [0.4, 0.5) is 5.69 Å². The Morgan fingerprint density at radius 2 is 1.86 bits per heavy atom. The van der Waals surface area contributed by atoms with Crippen molar-refractivity contribution in [1.82, 2.24) is 10.3 Å². The lowest BCUT2D eigenvalue weighted by Gasteiger charge is -2.21. The lowest BCUT2D eigenvalue weighted by Crippen LogP contribution is -2.26. The summed E-state index contributed by atoms with van der Waals surface area (Å²) >= 11 is 14.3. The van der Waals surface area contributed by atoms with Crippen LogP contribution in [0.15, 0.2) is 66.9 Å². The summed E-state index contributed by atoms with van der Waals surface area (Å²) in [7, 11) is 0. The molecule has 1 aromatic heterocycles. The van der Waals surface area contributed by atoms with Crippen LogP contribution in [0.1, 0.15) is 26.9 Å². The fraction of sp³-hybridized carbons (Fsp3) is 0.143. The van der Waals surface area contributed by atoms with Crippen LogP contribution in [-0.2, 0) is 0 Å². The molecule has 0 bridgehead atoms. The highest BCUT2D eigenvalue weighted by atomic mass is 35.5. The van der Waals surface area contributed by atoms with E-state index in [9.17, 15) is 4.79 Å². The molecular formula is C21H19Cl2N3OS. The van der Waals surface area contributed by atoms with Gasteiger partial charge in [0.25, 0.3) is 5.91 Å². The second kappa shape index (κ2) is 9.82. The summed E-state index contributed by atoms with van der Waals surface area (Å²) in [5, 5.41) is 4.07. The number of carbonyl (C=O) groups excluding carboxylic acids is 1. The quantitative estimate of drug-likeness (QED) is 0.397. The third kappa shape index (κ3) is 5.19. The molecule has 0 saturated heterocycles. The first kappa shape index (κ1) is 20.5. The third-order valence-corrected chi connectivity index (χ3v) is 5.95. The Morgan fingerprint density at radius 1 is 1.07 bits per heavy atom. The predicted octanol–water partition coefficient (Wildman–Crippen LogP) is 5.22. The van der Waals surface area contributed by atoms with Crippen LogP contribution in [0.25, 0.3) is 0 Å². The number of benzene rings is 2. The minimum absolute atomic E-state index is 0.0980. The lowest BCUT2D eigenvalue weighted by molar-refractivity contribution is 0.0951. The minimum Gasteiger partial charge on any atom is -0.398 e. The van der Waals surface area contributed by atoms with Gasteiger partial charge in [-0.15, -0.1) is 11.8 Å². The van der Waals surface area contributed by atoms with Crippen molar-refractivity contribution >= 4 is 46.6 Å². The molecule has 144 valence electrons. The summed E-state index contributed by atoms with van der Waals surface area (Å²) in [5.41, 5.74) is 9.12. The van der Waals surface area contributed by atoms with E-state index in [4.69, 9.17) is 28.9 Å². The topological polar surface area (TPSA) is 68.0 Å². The Balaban J connectivity index is 1.72. The molecule has 0 aliphatic rings. The van der Waals surface area contributed by atoms with Crippen LogP contribution in [0.3, 0.4) is 0 Å². The molecule has 2 aromatic carbocycles.